The lowest BCUT2D eigenvalue weighted by atomic mass is 9.77. The molecule has 2 saturated heterocycles. The summed E-state index contributed by atoms with van der Waals surface area (Å²) in [7, 11) is 5.51. The van der Waals surface area contributed by atoms with E-state index in [1.165, 1.54) is 12.1 Å². The largest absolute Gasteiger partial charge is 0.497 e. The van der Waals surface area contributed by atoms with Crippen LogP contribution in [0.5, 0.6) is 11.5 Å². The number of hydrogen-bond donors (Lipinski definition) is 0. The highest BCUT2D eigenvalue weighted by molar-refractivity contribution is 5.53. The highest BCUT2D eigenvalue weighted by atomic mass is 19.1. The van der Waals surface area contributed by atoms with Crippen LogP contribution in [0.2, 0.25) is 0 Å². The van der Waals surface area contributed by atoms with Crippen LogP contribution in [0.3, 0.4) is 0 Å². The number of likely N-dealkylation sites (tertiary alicyclic amines) is 2. The molecule has 0 amide bonds. The Labute approximate surface area is 193 Å². The van der Waals surface area contributed by atoms with Gasteiger partial charge in [-0.2, -0.15) is 4.98 Å². The number of rotatable bonds is 6. The van der Waals surface area contributed by atoms with Gasteiger partial charge in [0.1, 0.15) is 17.3 Å². The molecule has 2 aromatic carbocycles. The highest BCUT2D eigenvalue weighted by Gasteiger charge is 2.52. The predicted molar refractivity (Wildman–Crippen MR) is 122 cm³/mol. The first-order chi connectivity index (χ1) is 16.0. The minimum atomic E-state index is -0.282. The fourth-order valence-electron chi connectivity index (χ4n) is 5.37. The molecule has 8 heteroatoms. The summed E-state index contributed by atoms with van der Waals surface area (Å²) in [5.41, 5.74) is 1.93. The van der Waals surface area contributed by atoms with Crippen LogP contribution in [0.4, 0.5) is 4.39 Å². The second-order valence-corrected chi connectivity index (χ2v) is 9.21. The second-order valence-electron chi connectivity index (χ2n) is 9.21. The molecule has 2 aliphatic rings. The van der Waals surface area contributed by atoms with Crippen molar-refractivity contribution in [1.82, 2.24) is 19.9 Å². The van der Waals surface area contributed by atoms with Crippen LogP contribution in [0.1, 0.15) is 23.8 Å². The van der Waals surface area contributed by atoms with Gasteiger partial charge in [0.2, 0.25) is 11.7 Å². The molecule has 7 nitrogen and oxygen atoms in total. The zero-order valence-corrected chi connectivity index (χ0v) is 19.3. The van der Waals surface area contributed by atoms with Gasteiger partial charge in [-0.15, -0.1) is 0 Å². The number of aromatic nitrogens is 2. The van der Waals surface area contributed by atoms with Gasteiger partial charge in [-0.3, -0.25) is 4.90 Å². The molecule has 0 saturated carbocycles. The zero-order valence-electron chi connectivity index (χ0n) is 19.3. The van der Waals surface area contributed by atoms with Crippen LogP contribution in [0, 0.1) is 11.2 Å². The van der Waals surface area contributed by atoms with E-state index in [1.54, 1.807) is 26.4 Å². The summed E-state index contributed by atoms with van der Waals surface area (Å²) < 4.78 is 30.1. The van der Waals surface area contributed by atoms with E-state index in [0.717, 1.165) is 61.8 Å². The second kappa shape index (κ2) is 8.76. The van der Waals surface area contributed by atoms with Crippen molar-refractivity contribution >= 4 is 0 Å². The van der Waals surface area contributed by atoms with Gasteiger partial charge in [-0.25, -0.2) is 4.39 Å². The maximum absolute atomic E-state index is 13.3. The lowest BCUT2D eigenvalue weighted by molar-refractivity contribution is 0.222. The molecule has 2 fully saturated rings. The SMILES string of the molecule is COc1ccc(CN2C[C@@H](c3nc(-c4ccc(F)cc4)no3)[C@]3(CCN(C)C3)C2)c(OC)c1. The first-order valence-electron chi connectivity index (χ1n) is 11.2. The number of methoxy groups -OCH3 is 2. The molecule has 2 aliphatic heterocycles. The van der Waals surface area contributed by atoms with Crippen LogP contribution < -0.4 is 9.47 Å². The van der Waals surface area contributed by atoms with Crippen LogP contribution >= 0.6 is 0 Å². The summed E-state index contributed by atoms with van der Waals surface area (Å²) in [5.74, 6) is 2.62. The molecule has 0 radical (unpaired) electrons. The Morgan fingerprint density at radius 3 is 2.64 bits per heavy atom. The molecule has 0 N–H and O–H groups in total. The van der Waals surface area contributed by atoms with E-state index in [0.29, 0.717) is 11.7 Å². The van der Waals surface area contributed by atoms with E-state index in [-0.39, 0.29) is 17.2 Å². The monoisotopic (exact) mass is 452 g/mol. The van der Waals surface area contributed by atoms with Gasteiger partial charge in [-0.05, 0) is 50.3 Å². The Hall–Kier alpha value is -2.97. The van der Waals surface area contributed by atoms with Crippen molar-refractivity contribution in [3.05, 3.63) is 59.7 Å². The molecule has 174 valence electrons. The molecule has 0 aliphatic carbocycles. The van der Waals surface area contributed by atoms with Gasteiger partial charge in [0.05, 0.1) is 20.1 Å². The first-order valence-corrected chi connectivity index (χ1v) is 11.2. The Bertz CT molecular complexity index is 1120. The Balaban J connectivity index is 1.41. The Kier molecular flexibility index (Phi) is 5.80. The highest BCUT2D eigenvalue weighted by Crippen LogP contribution is 2.49. The summed E-state index contributed by atoms with van der Waals surface area (Å²) in [6, 6.07) is 12.2. The summed E-state index contributed by atoms with van der Waals surface area (Å²) in [6.07, 6.45) is 1.08. The average Bonchev–Trinajstić information content (AvgIpc) is 3.53. The van der Waals surface area contributed by atoms with Crippen molar-refractivity contribution < 1.29 is 18.4 Å². The fourth-order valence-corrected chi connectivity index (χ4v) is 5.37. The van der Waals surface area contributed by atoms with Crippen LogP contribution in [0.25, 0.3) is 11.4 Å². The Morgan fingerprint density at radius 1 is 1.12 bits per heavy atom. The number of ether oxygens (including phenoxy) is 2. The van der Waals surface area contributed by atoms with Gasteiger partial charge >= 0.3 is 0 Å². The van der Waals surface area contributed by atoms with Crippen LogP contribution in [-0.4, -0.2) is 67.4 Å². The molecular formula is C25H29FN4O3. The zero-order chi connectivity index (χ0) is 23.0. The normalized spacial score (nSPS) is 23.5. The van der Waals surface area contributed by atoms with Gasteiger partial charge < -0.3 is 18.9 Å². The van der Waals surface area contributed by atoms with E-state index >= 15 is 0 Å². The molecular weight excluding hydrogens is 423 g/mol. The third kappa shape index (κ3) is 4.20. The topological polar surface area (TPSA) is 63.9 Å². The minimum absolute atomic E-state index is 0.0566. The molecule has 1 spiro atoms. The van der Waals surface area contributed by atoms with E-state index in [4.69, 9.17) is 19.0 Å². The van der Waals surface area contributed by atoms with E-state index in [2.05, 4.69) is 28.1 Å². The van der Waals surface area contributed by atoms with Gasteiger partial charge in [0.25, 0.3) is 0 Å². The molecule has 3 heterocycles. The number of halogens is 1. The molecule has 0 unspecified atom stereocenters. The standard InChI is InChI=1S/C25H29FN4O3/c1-29-11-10-25(15-29)16-30(13-18-6-9-20(31-2)12-22(18)32-3)14-21(25)24-27-23(28-33-24)17-4-7-19(26)8-5-17/h4-9,12,21H,10-11,13-16H2,1-3H3/t21-,25-/m0/s1. The maximum atomic E-state index is 13.3. The van der Waals surface area contributed by atoms with Crippen molar-refractivity contribution in [3.8, 4) is 22.9 Å². The lowest BCUT2D eigenvalue weighted by Crippen LogP contribution is -2.32. The molecule has 5 rings (SSSR count). The van der Waals surface area contributed by atoms with Crippen molar-refractivity contribution in [2.24, 2.45) is 5.41 Å². The molecule has 0 bridgehead atoms. The third-order valence-corrected chi connectivity index (χ3v) is 7.03. The van der Waals surface area contributed by atoms with E-state index in [9.17, 15) is 4.39 Å². The summed E-state index contributed by atoms with van der Waals surface area (Å²) in [5, 5.41) is 4.22. The number of hydrogen-bond acceptors (Lipinski definition) is 7. The lowest BCUT2D eigenvalue weighted by Gasteiger charge is -2.28. The summed E-state index contributed by atoms with van der Waals surface area (Å²) in [6.45, 7) is 4.59. The minimum Gasteiger partial charge on any atom is -0.497 e. The number of benzene rings is 2. The van der Waals surface area contributed by atoms with Crippen LogP contribution in [0.15, 0.2) is 47.0 Å². The van der Waals surface area contributed by atoms with Crippen LogP contribution in [-0.2, 0) is 6.54 Å². The maximum Gasteiger partial charge on any atom is 0.232 e. The Morgan fingerprint density at radius 2 is 1.94 bits per heavy atom. The molecule has 2 atom stereocenters. The van der Waals surface area contributed by atoms with E-state index in [1.807, 2.05) is 12.1 Å². The number of nitrogens with zero attached hydrogens (tertiary/aromatic N) is 4. The average molecular weight is 453 g/mol. The summed E-state index contributed by atoms with van der Waals surface area (Å²) in [4.78, 5) is 9.58. The smallest absolute Gasteiger partial charge is 0.232 e. The first kappa shape index (κ1) is 21.9. The summed E-state index contributed by atoms with van der Waals surface area (Å²) >= 11 is 0. The van der Waals surface area contributed by atoms with Crippen molar-refractivity contribution in [1.29, 1.82) is 0 Å². The van der Waals surface area contributed by atoms with Crippen molar-refractivity contribution in [2.75, 3.05) is 47.4 Å². The van der Waals surface area contributed by atoms with E-state index < -0.39 is 0 Å². The van der Waals surface area contributed by atoms with Gasteiger partial charge in [0.15, 0.2) is 0 Å². The molecule has 1 aromatic heterocycles. The quantitative estimate of drug-likeness (QED) is 0.563. The third-order valence-electron chi connectivity index (χ3n) is 7.03. The van der Waals surface area contributed by atoms with Crippen molar-refractivity contribution in [2.45, 2.75) is 18.9 Å². The molecule has 33 heavy (non-hydrogen) atoms. The van der Waals surface area contributed by atoms with Gasteiger partial charge in [-0.1, -0.05) is 11.2 Å². The van der Waals surface area contributed by atoms with Crippen molar-refractivity contribution in [3.63, 3.8) is 0 Å². The van der Waals surface area contributed by atoms with Gasteiger partial charge in [0, 0.05) is 48.8 Å². The fraction of sp³-hybridized carbons (Fsp3) is 0.440. The molecule has 3 aromatic rings. The predicted octanol–water partition coefficient (Wildman–Crippen LogP) is 3.81.